The number of hydrogen-bond acceptors (Lipinski definition) is 5. The summed E-state index contributed by atoms with van der Waals surface area (Å²) in [5.41, 5.74) is 1.07. The predicted molar refractivity (Wildman–Crippen MR) is 82.5 cm³/mol. The largest absolute Gasteiger partial charge is 0.370 e. The van der Waals surface area contributed by atoms with Crippen molar-refractivity contribution in [2.45, 2.75) is 33.1 Å². The predicted octanol–water partition coefficient (Wildman–Crippen LogP) is 4.23. The van der Waals surface area contributed by atoms with Gasteiger partial charge in [-0.15, -0.1) is 0 Å². The fourth-order valence-corrected chi connectivity index (χ4v) is 2.20. The van der Waals surface area contributed by atoms with Crippen LogP contribution < -0.4 is 10.6 Å². The van der Waals surface area contributed by atoms with Crippen molar-refractivity contribution in [3.8, 4) is 0 Å². The van der Waals surface area contributed by atoms with Gasteiger partial charge in [-0.25, -0.2) is 9.97 Å². The molecule has 0 saturated heterocycles. The van der Waals surface area contributed by atoms with E-state index in [4.69, 9.17) is 0 Å². The Hall–Kier alpha value is -1.62. The van der Waals surface area contributed by atoms with Gasteiger partial charge < -0.3 is 10.6 Å². The van der Waals surface area contributed by atoms with E-state index in [1.165, 1.54) is 0 Å². The quantitative estimate of drug-likeness (QED) is 0.829. The van der Waals surface area contributed by atoms with Crippen molar-refractivity contribution in [2.75, 3.05) is 17.2 Å². The Morgan fingerprint density at radius 3 is 2.68 bits per heavy atom. The molecular formula is C14H20N4S. The van der Waals surface area contributed by atoms with Gasteiger partial charge in [-0.3, -0.25) is 0 Å². The molecule has 0 unspecified atom stereocenters. The summed E-state index contributed by atoms with van der Waals surface area (Å²) in [4.78, 5) is 9.10. The molecule has 102 valence electrons. The Morgan fingerprint density at radius 1 is 1.26 bits per heavy atom. The summed E-state index contributed by atoms with van der Waals surface area (Å²) in [7, 11) is 0. The third-order valence-corrected chi connectivity index (χ3v) is 3.29. The van der Waals surface area contributed by atoms with E-state index in [0.717, 1.165) is 36.1 Å². The second kappa shape index (κ2) is 6.52. The highest BCUT2D eigenvalue weighted by atomic mass is 32.1. The highest BCUT2D eigenvalue weighted by molar-refractivity contribution is 7.08. The molecule has 5 heteroatoms. The van der Waals surface area contributed by atoms with Crippen LogP contribution in [0.4, 0.5) is 17.3 Å². The van der Waals surface area contributed by atoms with Gasteiger partial charge in [-0.2, -0.15) is 11.3 Å². The van der Waals surface area contributed by atoms with Crippen LogP contribution in [0, 0.1) is 0 Å². The second-order valence-corrected chi connectivity index (χ2v) is 5.50. The van der Waals surface area contributed by atoms with Crippen molar-refractivity contribution in [1.29, 1.82) is 0 Å². The first-order valence-corrected chi connectivity index (χ1v) is 7.55. The minimum absolute atomic E-state index is 0.311. The molecule has 4 nitrogen and oxygen atoms in total. The van der Waals surface area contributed by atoms with Crippen molar-refractivity contribution >= 4 is 28.7 Å². The maximum absolute atomic E-state index is 4.56. The lowest BCUT2D eigenvalue weighted by Crippen LogP contribution is -2.08. The van der Waals surface area contributed by atoms with Crippen LogP contribution in [0.3, 0.4) is 0 Å². The van der Waals surface area contributed by atoms with Crippen molar-refractivity contribution in [2.24, 2.45) is 0 Å². The SMILES string of the molecule is CCCNc1cc(Nc2ccsc2)nc(C(C)C)n1. The maximum Gasteiger partial charge on any atom is 0.136 e. The first kappa shape index (κ1) is 13.8. The van der Waals surface area contributed by atoms with Crippen LogP contribution in [-0.2, 0) is 0 Å². The zero-order chi connectivity index (χ0) is 13.7. The lowest BCUT2D eigenvalue weighted by Gasteiger charge is -2.12. The molecule has 0 radical (unpaired) electrons. The van der Waals surface area contributed by atoms with E-state index < -0.39 is 0 Å². The standard InChI is InChI=1S/C14H20N4S/c1-4-6-15-12-8-13(16-11-5-7-19-9-11)18-14(17-12)10(2)3/h5,7-10H,4,6H2,1-3H3,(H2,15,16,17,18). The molecule has 2 N–H and O–H groups in total. The van der Waals surface area contributed by atoms with Gasteiger partial charge in [0.25, 0.3) is 0 Å². The number of hydrogen-bond donors (Lipinski definition) is 2. The van der Waals surface area contributed by atoms with Gasteiger partial charge >= 0.3 is 0 Å². The molecule has 0 saturated carbocycles. The van der Waals surface area contributed by atoms with Gasteiger partial charge in [0.1, 0.15) is 17.5 Å². The molecule has 0 atom stereocenters. The molecule has 2 rings (SSSR count). The van der Waals surface area contributed by atoms with E-state index in [2.05, 4.69) is 46.8 Å². The van der Waals surface area contributed by atoms with Crippen LogP contribution in [0.2, 0.25) is 0 Å². The van der Waals surface area contributed by atoms with Crippen LogP contribution in [0.1, 0.15) is 38.9 Å². The second-order valence-electron chi connectivity index (χ2n) is 4.72. The van der Waals surface area contributed by atoms with E-state index in [9.17, 15) is 0 Å². The summed E-state index contributed by atoms with van der Waals surface area (Å²) in [5.74, 6) is 2.90. The summed E-state index contributed by atoms with van der Waals surface area (Å²) < 4.78 is 0. The third-order valence-electron chi connectivity index (χ3n) is 2.61. The Morgan fingerprint density at radius 2 is 2.05 bits per heavy atom. The summed E-state index contributed by atoms with van der Waals surface area (Å²) in [5, 5.41) is 10.7. The summed E-state index contributed by atoms with van der Waals surface area (Å²) >= 11 is 1.67. The number of aromatic nitrogens is 2. The van der Waals surface area contributed by atoms with Crippen LogP contribution >= 0.6 is 11.3 Å². The molecule has 0 aromatic carbocycles. The molecule has 2 heterocycles. The summed E-state index contributed by atoms with van der Waals surface area (Å²) in [6, 6.07) is 4.00. The molecule has 0 aliphatic heterocycles. The molecule has 2 aromatic heterocycles. The van der Waals surface area contributed by atoms with Crippen LogP contribution in [-0.4, -0.2) is 16.5 Å². The van der Waals surface area contributed by atoms with Crippen molar-refractivity contribution in [1.82, 2.24) is 9.97 Å². The molecule has 19 heavy (non-hydrogen) atoms. The van der Waals surface area contributed by atoms with Crippen LogP contribution in [0.5, 0.6) is 0 Å². The van der Waals surface area contributed by atoms with Crippen molar-refractivity contribution < 1.29 is 0 Å². The zero-order valence-electron chi connectivity index (χ0n) is 11.6. The molecule has 0 fully saturated rings. The average Bonchev–Trinajstić information content (AvgIpc) is 2.89. The lowest BCUT2D eigenvalue weighted by molar-refractivity contribution is 0.775. The number of thiophene rings is 1. The third kappa shape index (κ3) is 3.92. The van der Waals surface area contributed by atoms with Gasteiger partial charge in [-0.1, -0.05) is 20.8 Å². The topological polar surface area (TPSA) is 49.8 Å². The molecule has 0 aliphatic carbocycles. The van der Waals surface area contributed by atoms with Crippen molar-refractivity contribution in [3.05, 3.63) is 28.7 Å². The van der Waals surface area contributed by atoms with Crippen LogP contribution in [0.15, 0.2) is 22.9 Å². The molecule has 0 spiro atoms. The number of rotatable bonds is 6. The average molecular weight is 276 g/mol. The molecule has 2 aromatic rings. The Balaban J connectivity index is 2.23. The first-order valence-electron chi connectivity index (χ1n) is 6.61. The zero-order valence-corrected chi connectivity index (χ0v) is 12.4. The van der Waals surface area contributed by atoms with E-state index in [0.29, 0.717) is 5.92 Å². The minimum Gasteiger partial charge on any atom is -0.370 e. The molecule has 0 bridgehead atoms. The monoisotopic (exact) mass is 276 g/mol. The smallest absolute Gasteiger partial charge is 0.136 e. The summed E-state index contributed by atoms with van der Waals surface area (Å²) in [6.07, 6.45) is 1.08. The highest BCUT2D eigenvalue weighted by Crippen LogP contribution is 2.21. The number of anilines is 3. The Kier molecular flexibility index (Phi) is 4.74. The Bertz CT molecular complexity index is 508. The minimum atomic E-state index is 0.311. The normalized spacial score (nSPS) is 10.7. The number of nitrogens with zero attached hydrogens (tertiary/aromatic N) is 2. The maximum atomic E-state index is 4.56. The molecule has 0 aliphatic rings. The molecular weight excluding hydrogens is 256 g/mol. The van der Waals surface area contributed by atoms with E-state index in [1.54, 1.807) is 11.3 Å². The van der Waals surface area contributed by atoms with E-state index >= 15 is 0 Å². The van der Waals surface area contributed by atoms with Gasteiger partial charge in [0.15, 0.2) is 0 Å². The van der Waals surface area contributed by atoms with Gasteiger partial charge in [0, 0.05) is 23.9 Å². The first-order chi connectivity index (χ1) is 9.19. The van der Waals surface area contributed by atoms with Crippen molar-refractivity contribution in [3.63, 3.8) is 0 Å². The van der Waals surface area contributed by atoms with Crippen LogP contribution in [0.25, 0.3) is 0 Å². The highest BCUT2D eigenvalue weighted by Gasteiger charge is 2.08. The van der Waals surface area contributed by atoms with E-state index in [-0.39, 0.29) is 0 Å². The number of nitrogens with one attached hydrogen (secondary N) is 2. The molecule has 0 amide bonds. The van der Waals surface area contributed by atoms with E-state index in [1.807, 2.05) is 17.5 Å². The fourth-order valence-electron chi connectivity index (χ4n) is 1.62. The van der Waals surface area contributed by atoms with Gasteiger partial charge in [-0.05, 0) is 17.9 Å². The van der Waals surface area contributed by atoms with Gasteiger partial charge in [0.2, 0.25) is 0 Å². The van der Waals surface area contributed by atoms with Gasteiger partial charge in [0.05, 0.1) is 5.69 Å². The fraction of sp³-hybridized carbons (Fsp3) is 0.429. The summed E-state index contributed by atoms with van der Waals surface area (Å²) in [6.45, 7) is 7.27. The Labute approximate surface area is 118 Å². The lowest BCUT2D eigenvalue weighted by atomic mass is 10.2.